The largest absolute Gasteiger partial charge is 0.416 e. The van der Waals surface area contributed by atoms with Gasteiger partial charge in [-0.3, -0.25) is 4.98 Å². The Kier molecular flexibility index (Phi) is 3.51. The molecule has 1 aromatic carbocycles. The van der Waals surface area contributed by atoms with Gasteiger partial charge in [-0.05, 0) is 18.2 Å². The van der Waals surface area contributed by atoms with Crippen molar-refractivity contribution in [2.24, 2.45) is 0 Å². The molecule has 1 heterocycles. The lowest BCUT2D eigenvalue weighted by molar-refractivity contribution is -0.137. The van der Waals surface area contributed by atoms with E-state index in [4.69, 9.17) is 0 Å². The van der Waals surface area contributed by atoms with Crippen LogP contribution in [0, 0.1) is 5.82 Å². The molecule has 2 nitrogen and oxygen atoms in total. The molecule has 1 aromatic heterocycles. The average molecular weight is 276 g/mol. The minimum absolute atomic E-state index is 0.0383. The van der Waals surface area contributed by atoms with Crippen molar-refractivity contribution in [1.29, 1.82) is 0 Å². The first-order valence-corrected chi connectivity index (χ1v) is 5.83. The smallest absolute Gasteiger partial charge is 0.378 e. The van der Waals surface area contributed by atoms with Crippen molar-refractivity contribution in [2.45, 2.75) is 12.7 Å². The Bertz CT molecular complexity index is 522. The SMILES string of the molecule is Fc1cc(C(F)(F)F)ccc1NCc1cncs1. The van der Waals surface area contributed by atoms with Gasteiger partial charge in [0.05, 0.1) is 23.3 Å². The predicted octanol–water partition coefficient (Wildman–Crippen LogP) is 3.91. The summed E-state index contributed by atoms with van der Waals surface area (Å²) in [6, 6.07) is 2.41. The summed E-state index contributed by atoms with van der Waals surface area (Å²) in [6.45, 7) is 0.326. The third-order valence-corrected chi connectivity index (χ3v) is 3.01. The van der Waals surface area contributed by atoms with E-state index in [9.17, 15) is 17.6 Å². The topological polar surface area (TPSA) is 24.9 Å². The summed E-state index contributed by atoms with van der Waals surface area (Å²) in [5, 5.41) is 2.72. The third-order valence-electron chi connectivity index (χ3n) is 2.23. The third kappa shape index (κ3) is 2.98. The Morgan fingerprint density at radius 2 is 2.06 bits per heavy atom. The van der Waals surface area contributed by atoms with Crippen LogP contribution in [0.3, 0.4) is 0 Å². The number of nitrogens with zero attached hydrogens (tertiary/aromatic N) is 1. The highest BCUT2D eigenvalue weighted by Gasteiger charge is 2.31. The molecule has 0 aliphatic carbocycles. The average Bonchev–Trinajstić information content (AvgIpc) is 2.79. The van der Waals surface area contributed by atoms with Gasteiger partial charge in [-0.25, -0.2) is 4.39 Å². The van der Waals surface area contributed by atoms with Crippen LogP contribution in [0.15, 0.2) is 29.9 Å². The minimum Gasteiger partial charge on any atom is -0.378 e. The summed E-state index contributed by atoms with van der Waals surface area (Å²) < 4.78 is 50.4. The fourth-order valence-electron chi connectivity index (χ4n) is 1.35. The molecule has 96 valence electrons. The molecule has 1 N–H and O–H groups in total. The molecule has 0 spiro atoms. The van der Waals surface area contributed by atoms with Gasteiger partial charge in [-0.2, -0.15) is 13.2 Å². The van der Waals surface area contributed by atoms with Crippen molar-refractivity contribution in [3.63, 3.8) is 0 Å². The van der Waals surface area contributed by atoms with Gasteiger partial charge in [-0.15, -0.1) is 11.3 Å². The molecule has 0 unspecified atom stereocenters. The Labute approximate surface area is 104 Å². The van der Waals surface area contributed by atoms with E-state index in [1.54, 1.807) is 11.7 Å². The molecular weight excluding hydrogens is 268 g/mol. The molecule has 0 amide bonds. The lowest BCUT2D eigenvalue weighted by atomic mass is 10.2. The standard InChI is InChI=1S/C11H8F4N2S/c12-9-3-7(11(13,14)15)1-2-10(9)17-5-8-4-16-6-18-8/h1-4,6,17H,5H2. The zero-order chi connectivity index (χ0) is 13.2. The van der Waals surface area contributed by atoms with Gasteiger partial charge in [0.2, 0.25) is 0 Å². The Hall–Kier alpha value is -1.63. The number of anilines is 1. The molecule has 7 heteroatoms. The summed E-state index contributed by atoms with van der Waals surface area (Å²) in [4.78, 5) is 4.71. The molecule has 18 heavy (non-hydrogen) atoms. The molecular formula is C11H8F4N2S. The van der Waals surface area contributed by atoms with Crippen molar-refractivity contribution in [3.8, 4) is 0 Å². The van der Waals surface area contributed by atoms with Gasteiger partial charge in [0.15, 0.2) is 0 Å². The van der Waals surface area contributed by atoms with E-state index < -0.39 is 17.6 Å². The number of halogens is 4. The summed E-state index contributed by atoms with van der Waals surface area (Å²) in [7, 11) is 0. The van der Waals surface area contributed by atoms with Crippen LogP contribution in [0.2, 0.25) is 0 Å². The van der Waals surface area contributed by atoms with E-state index in [-0.39, 0.29) is 5.69 Å². The summed E-state index contributed by atoms with van der Waals surface area (Å²) in [5.74, 6) is -0.922. The van der Waals surface area contributed by atoms with E-state index in [1.165, 1.54) is 11.3 Å². The zero-order valence-corrected chi connectivity index (χ0v) is 9.78. The quantitative estimate of drug-likeness (QED) is 0.860. The van der Waals surface area contributed by atoms with Crippen LogP contribution in [-0.2, 0) is 12.7 Å². The maximum atomic E-state index is 13.4. The Morgan fingerprint density at radius 1 is 1.28 bits per heavy atom. The van der Waals surface area contributed by atoms with Crippen LogP contribution in [-0.4, -0.2) is 4.98 Å². The monoisotopic (exact) mass is 276 g/mol. The van der Waals surface area contributed by atoms with E-state index >= 15 is 0 Å². The van der Waals surface area contributed by atoms with Crippen molar-refractivity contribution < 1.29 is 17.6 Å². The number of alkyl halides is 3. The fourth-order valence-corrected chi connectivity index (χ4v) is 1.88. The second kappa shape index (κ2) is 4.93. The fraction of sp³-hybridized carbons (Fsp3) is 0.182. The number of hydrogen-bond donors (Lipinski definition) is 1. The van der Waals surface area contributed by atoms with Gasteiger partial charge in [0, 0.05) is 11.1 Å². The summed E-state index contributed by atoms with van der Waals surface area (Å²) in [6.07, 6.45) is -2.92. The normalized spacial score (nSPS) is 11.6. The van der Waals surface area contributed by atoms with Crippen LogP contribution >= 0.6 is 11.3 Å². The van der Waals surface area contributed by atoms with Gasteiger partial charge < -0.3 is 5.32 Å². The Balaban J connectivity index is 2.10. The van der Waals surface area contributed by atoms with Crippen LogP contribution in [0.5, 0.6) is 0 Å². The number of nitrogens with one attached hydrogen (secondary N) is 1. The van der Waals surface area contributed by atoms with Crippen molar-refractivity contribution in [1.82, 2.24) is 4.98 Å². The molecule has 0 bridgehead atoms. The molecule has 2 aromatic rings. The highest BCUT2D eigenvalue weighted by molar-refractivity contribution is 7.09. The van der Waals surface area contributed by atoms with E-state index in [2.05, 4.69) is 10.3 Å². The maximum Gasteiger partial charge on any atom is 0.416 e. The zero-order valence-electron chi connectivity index (χ0n) is 8.96. The first-order chi connectivity index (χ1) is 8.47. The van der Waals surface area contributed by atoms with Crippen LogP contribution in [0.4, 0.5) is 23.2 Å². The molecule has 0 atom stereocenters. The number of aromatic nitrogens is 1. The second-order valence-electron chi connectivity index (χ2n) is 3.51. The lowest BCUT2D eigenvalue weighted by Gasteiger charge is -2.10. The van der Waals surface area contributed by atoms with Gasteiger partial charge in [0.25, 0.3) is 0 Å². The molecule has 0 aliphatic rings. The van der Waals surface area contributed by atoms with Crippen molar-refractivity contribution in [3.05, 3.63) is 46.2 Å². The van der Waals surface area contributed by atoms with Gasteiger partial charge in [0.1, 0.15) is 5.82 Å². The minimum atomic E-state index is -4.53. The maximum absolute atomic E-state index is 13.4. The number of thiazole rings is 1. The number of benzene rings is 1. The van der Waals surface area contributed by atoms with Crippen LogP contribution in [0.1, 0.15) is 10.4 Å². The van der Waals surface area contributed by atoms with E-state index in [0.29, 0.717) is 12.6 Å². The van der Waals surface area contributed by atoms with Gasteiger partial charge in [-0.1, -0.05) is 0 Å². The molecule has 0 saturated carbocycles. The molecule has 0 radical (unpaired) electrons. The number of hydrogen-bond acceptors (Lipinski definition) is 3. The van der Waals surface area contributed by atoms with Crippen LogP contribution in [0.25, 0.3) is 0 Å². The molecule has 0 aliphatic heterocycles. The summed E-state index contributed by atoms with van der Waals surface area (Å²) >= 11 is 1.38. The Morgan fingerprint density at radius 3 is 2.61 bits per heavy atom. The van der Waals surface area contributed by atoms with E-state index in [0.717, 1.165) is 17.0 Å². The van der Waals surface area contributed by atoms with Crippen molar-refractivity contribution >= 4 is 17.0 Å². The highest BCUT2D eigenvalue weighted by Crippen LogP contribution is 2.31. The molecule has 2 rings (SSSR count). The van der Waals surface area contributed by atoms with Crippen LogP contribution < -0.4 is 5.32 Å². The molecule has 0 saturated heterocycles. The van der Waals surface area contributed by atoms with Crippen molar-refractivity contribution in [2.75, 3.05) is 5.32 Å². The first-order valence-electron chi connectivity index (χ1n) is 4.95. The van der Waals surface area contributed by atoms with Gasteiger partial charge >= 0.3 is 6.18 Å². The lowest BCUT2D eigenvalue weighted by Crippen LogP contribution is -2.07. The van der Waals surface area contributed by atoms with E-state index in [1.807, 2.05) is 0 Å². The summed E-state index contributed by atoms with van der Waals surface area (Å²) in [5.41, 5.74) is 0.667. The highest BCUT2D eigenvalue weighted by atomic mass is 32.1. The first kappa shape index (κ1) is 12.8. The molecule has 0 fully saturated rings. The predicted molar refractivity (Wildman–Crippen MR) is 60.8 cm³/mol. The number of rotatable bonds is 3. The second-order valence-corrected chi connectivity index (χ2v) is 4.48.